The zero-order chi connectivity index (χ0) is 12.7. The van der Waals surface area contributed by atoms with Crippen LogP contribution in [0.1, 0.15) is 19.4 Å². The van der Waals surface area contributed by atoms with E-state index in [0.717, 1.165) is 31.7 Å². The Bertz CT molecular complexity index is 381. The molecule has 0 heterocycles. The summed E-state index contributed by atoms with van der Waals surface area (Å²) in [6, 6.07) is 10.2. The largest absolute Gasteiger partial charge is 0.399 e. The molecular formula is C14H21N3. The number of anilines is 1. The van der Waals surface area contributed by atoms with E-state index in [0.29, 0.717) is 0 Å². The second-order valence-electron chi connectivity index (χ2n) is 4.37. The maximum absolute atomic E-state index is 8.81. The zero-order valence-corrected chi connectivity index (χ0v) is 10.7. The third-order valence-electron chi connectivity index (χ3n) is 2.95. The van der Waals surface area contributed by atoms with E-state index in [9.17, 15) is 0 Å². The number of hydrogen-bond acceptors (Lipinski definition) is 3. The van der Waals surface area contributed by atoms with Gasteiger partial charge in [-0.3, -0.25) is 0 Å². The third-order valence-corrected chi connectivity index (χ3v) is 2.95. The normalized spacial score (nSPS) is 12.4. The molecule has 92 valence electrons. The predicted molar refractivity (Wildman–Crippen MR) is 71.4 cm³/mol. The average molecular weight is 231 g/mol. The molecule has 0 bridgehead atoms. The van der Waals surface area contributed by atoms with E-state index in [2.05, 4.69) is 24.0 Å². The van der Waals surface area contributed by atoms with Crippen molar-refractivity contribution < 1.29 is 0 Å². The van der Waals surface area contributed by atoms with Gasteiger partial charge in [0, 0.05) is 18.8 Å². The molecule has 0 saturated heterocycles. The molecule has 0 amide bonds. The lowest BCUT2D eigenvalue weighted by Gasteiger charge is -2.21. The van der Waals surface area contributed by atoms with Crippen LogP contribution >= 0.6 is 0 Å². The van der Waals surface area contributed by atoms with Crippen molar-refractivity contribution in [2.45, 2.75) is 20.3 Å². The van der Waals surface area contributed by atoms with Crippen LogP contribution < -0.4 is 5.73 Å². The first-order chi connectivity index (χ1) is 8.17. The van der Waals surface area contributed by atoms with E-state index in [1.54, 1.807) is 0 Å². The Morgan fingerprint density at radius 1 is 1.41 bits per heavy atom. The lowest BCUT2D eigenvalue weighted by Crippen LogP contribution is -2.30. The summed E-state index contributed by atoms with van der Waals surface area (Å²) >= 11 is 0. The number of para-hydroxylation sites is 1. The molecule has 1 atom stereocenters. The van der Waals surface area contributed by atoms with Crippen molar-refractivity contribution in [2.24, 2.45) is 5.92 Å². The van der Waals surface area contributed by atoms with Gasteiger partial charge in [-0.25, -0.2) is 0 Å². The van der Waals surface area contributed by atoms with Gasteiger partial charge in [0.05, 0.1) is 12.0 Å². The minimum absolute atomic E-state index is 0.0862. The van der Waals surface area contributed by atoms with E-state index in [1.807, 2.05) is 25.1 Å². The van der Waals surface area contributed by atoms with Crippen LogP contribution in [0.5, 0.6) is 0 Å². The minimum atomic E-state index is 0.0862. The molecule has 3 heteroatoms. The summed E-state index contributed by atoms with van der Waals surface area (Å²) in [5, 5.41) is 8.81. The van der Waals surface area contributed by atoms with Gasteiger partial charge in [0.25, 0.3) is 0 Å². The Morgan fingerprint density at radius 2 is 2.12 bits per heavy atom. The second kappa shape index (κ2) is 6.93. The van der Waals surface area contributed by atoms with Gasteiger partial charge in [-0.1, -0.05) is 25.1 Å². The average Bonchev–Trinajstić information content (AvgIpc) is 2.35. The summed E-state index contributed by atoms with van der Waals surface area (Å²) in [4.78, 5) is 2.29. The van der Waals surface area contributed by atoms with E-state index >= 15 is 0 Å². The van der Waals surface area contributed by atoms with Crippen molar-refractivity contribution in [3.8, 4) is 6.07 Å². The van der Waals surface area contributed by atoms with E-state index in [1.165, 1.54) is 5.56 Å². The molecule has 0 aromatic heterocycles. The van der Waals surface area contributed by atoms with Gasteiger partial charge in [-0.2, -0.15) is 5.26 Å². The first kappa shape index (κ1) is 13.5. The molecule has 0 spiro atoms. The number of hydrogen-bond donors (Lipinski definition) is 1. The number of nitrogen functional groups attached to an aromatic ring is 1. The van der Waals surface area contributed by atoms with Crippen molar-refractivity contribution in [1.29, 1.82) is 5.26 Å². The maximum atomic E-state index is 8.81. The fourth-order valence-electron chi connectivity index (χ4n) is 1.85. The summed E-state index contributed by atoms with van der Waals surface area (Å²) in [5.74, 6) is 0.0862. The fraction of sp³-hybridized carbons (Fsp3) is 0.500. The Morgan fingerprint density at radius 3 is 2.71 bits per heavy atom. The molecule has 0 aliphatic carbocycles. The molecule has 1 unspecified atom stereocenters. The van der Waals surface area contributed by atoms with E-state index in [-0.39, 0.29) is 5.92 Å². The van der Waals surface area contributed by atoms with Crippen molar-refractivity contribution in [3.63, 3.8) is 0 Å². The summed E-state index contributed by atoms with van der Waals surface area (Å²) in [6.45, 7) is 6.84. The monoisotopic (exact) mass is 231 g/mol. The Hall–Kier alpha value is -1.53. The van der Waals surface area contributed by atoms with Crippen LogP contribution in [0.2, 0.25) is 0 Å². The highest BCUT2D eigenvalue weighted by Crippen LogP contribution is 2.12. The maximum Gasteiger partial charge on any atom is 0.0666 e. The van der Waals surface area contributed by atoms with E-state index in [4.69, 9.17) is 11.0 Å². The first-order valence-electron chi connectivity index (χ1n) is 6.12. The van der Waals surface area contributed by atoms with Crippen LogP contribution in [0.25, 0.3) is 0 Å². The van der Waals surface area contributed by atoms with Gasteiger partial charge in [-0.15, -0.1) is 0 Å². The van der Waals surface area contributed by atoms with Gasteiger partial charge < -0.3 is 10.6 Å². The van der Waals surface area contributed by atoms with Crippen LogP contribution in [0, 0.1) is 17.2 Å². The molecule has 1 rings (SSSR count). The summed E-state index contributed by atoms with van der Waals surface area (Å²) in [5.41, 5.74) is 7.95. The summed E-state index contributed by atoms with van der Waals surface area (Å²) in [6.07, 6.45) is 0.943. The minimum Gasteiger partial charge on any atom is -0.399 e. The standard InChI is InChI=1S/C14H21N3/c1-3-17(11-12(2)10-15)9-8-13-6-4-5-7-14(13)16/h4-7,12H,3,8-9,11,16H2,1-2H3. The van der Waals surface area contributed by atoms with Crippen LogP contribution in [0.4, 0.5) is 5.69 Å². The zero-order valence-electron chi connectivity index (χ0n) is 10.7. The second-order valence-corrected chi connectivity index (χ2v) is 4.37. The van der Waals surface area contributed by atoms with Gasteiger partial charge in [0.1, 0.15) is 0 Å². The molecule has 2 N–H and O–H groups in total. The summed E-state index contributed by atoms with van der Waals surface area (Å²) in [7, 11) is 0. The third kappa shape index (κ3) is 4.46. The van der Waals surface area contributed by atoms with Crippen molar-refractivity contribution >= 4 is 5.69 Å². The quantitative estimate of drug-likeness (QED) is 0.764. The van der Waals surface area contributed by atoms with Crippen molar-refractivity contribution in [3.05, 3.63) is 29.8 Å². The van der Waals surface area contributed by atoms with E-state index < -0.39 is 0 Å². The van der Waals surface area contributed by atoms with Crippen molar-refractivity contribution in [1.82, 2.24) is 4.90 Å². The lowest BCUT2D eigenvalue weighted by molar-refractivity contribution is 0.272. The van der Waals surface area contributed by atoms with Crippen LogP contribution in [0.15, 0.2) is 24.3 Å². The number of benzene rings is 1. The molecule has 0 radical (unpaired) electrons. The van der Waals surface area contributed by atoms with Crippen LogP contribution in [-0.4, -0.2) is 24.5 Å². The molecule has 0 aliphatic rings. The summed E-state index contributed by atoms with van der Waals surface area (Å²) < 4.78 is 0. The molecule has 1 aromatic rings. The van der Waals surface area contributed by atoms with Gasteiger partial charge in [-0.05, 0) is 31.5 Å². The van der Waals surface area contributed by atoms with Gasteiger partial charge in [0.15, 0.2) is 0 Å². The molecular weight excluding hydrogens is 210 g/mol. The molecule has 0 fully saturated rings. The molecule has 1 aromatic carbocycles. The Kier molecular flexibility index (Phi) is 5.51. The molecule has 0 saturated carbocycles. The number of nitrogens with two attached hydrogens (primary N) is 1. The van der Waals surface area contributed by atoms with Gasteiger partial charge in [0.2, 0.25) is 0 Å². The van der Waals surface area contributed by atoms with Crippen LogP contribution in [0.3, 0.4) is 0 Å². The topological polar surface area (TPSA) is 53.0 Å². The molecule has 3 nitrogen and oxygen atoms in total. The van der Waals surface area contributed by atoms with Crippen molar-refractivity contribution in [2.75, 3.05) is 25.4 Å². The highest BCUT2D eigenvalue weighted by Gasteiger charge is 2.08. The Balaban J connectivity index is 2.48. The predicted octanol–water partition coefficient (Wildman–Crippen LogP) is 2.29. The lowest BCUT2D eigenvalue weighted by atomic mass is 10.1. The molecule has 17 heavy (non-hydrogen) atoms. The number of nitrogens with zero attached hydrogens (tertiary/aromatic N) is 2. The Labute approximate surface area is 104 Å². The number of nitriles is 1. The first-order valence-corrected chi connectivity index (χ1v) is 6.12. The number of likely N-dealkylation sites (N-methyl/N-ethyl adjacent to an activating group) is 1. The smallest absolute Gasteiger partial charge is 0.0666 e. The highest BCUT2D eigenvalue weighted by molar-refractivity contribution is 5.46. The molecule has 0 aliphatic heterocycles. The SMILES string of the molecule is CCN(CCc1ccccc1N)CC(C)C#N. The highest BCUT2D eigenvalue weighted by atomic mass is 15.1. The van der Waals surface area contributed by atoms with Crippen LogP contribution in [-0.2, 0) is 6.42 Å². The van der Waals surface area contributed by atoms with Gasteiger partial charge >= 0.3 is 0 Å². The number of rotatable bonds is 6. The fourth-order valence-corrected chi connectivity index (χ4v) is 1.85.